The van der Waals surface area contributed by atoms with Crippen LogP contribution in [0.4, 0.5) is 13.2 Å². The molecule has 174 valence electrons. The third kappa shape index (κ3) is 4.19. The molecule has 0 N–H and O–H groups in total. The average Bonchev–Trinajstić information content (AvgIpc) is 3.45. The summed E-state index contributed by atoms with van der Waals surface area (Å²) in [5.41, 5.74) is 0.723. The van der Waals surface area contributed by atoms with Gasteiger partial charge >= 0.3 is 6.36 Å². The molecule has 0 bridgehead atoms. The normalized spacial score (nSPS) is 15.8. The monoisotopic (exact) mass is 490 g/mol. The summed E-state index contributed by atoms with van der Waals surface area (Å²) in [5, 5.41) is 12.3. The summed E-state index contributed by atoms with van der Waals surface area (Å²) in [6, 6.07) is 9.68. The zero-order chi connectivity index (χ0) is 23.9. The Morgan fingerprint density at radius 1 is 1.15 bits per heavy atom. The first-order chi connectivity index (χ1) is 16.3. The lowest BCUT2D eigenvalue weighted by molar-refractivity contribution is -0.274. The number of amides is 1. The first kappa shape index (κ1) is 21.9. The van der Waals surface area contributed by atoms with Crippen molar-refractivity contribution in [3.63, 3.8) is 0 Å². The number of hydrogen-bond acceptors (Lipinski definition) is 7. The second kappa shape index (κ2) is 8.45. The molecule has 1 amide bonds. The molecule has 9 nitrogen and oxygen atoms in total. The molecule has 3 heterocycles. The number of likely N-dealkylation sites (tertiary alicyclic amines) is 1. The van der Waals surface area contributed by atoms with E-state index in [9.17, 15) is 18.0 Å². The molecule has 13 heteroatoms. The summed E-state index contributed by atoms with van der Waals surface area (Å²) in [6.07, 6.45) is -1.38. The van der Waals surface area contributed by atoms with Crippen LogP contribution >= 0.6 is 11.6 Å². The average molecular weight is 491 g/mol. The van der Waals surface area contributed by atoms with Crippen LogP contribution in [-0.2, 0) is 0 Å². The van der Waals surface area contributed by atoms with Crippen LogP contribution in [0.5, 0.6) is 5.75 Å². The predicted molar refractivity (Wildman–Crippen MR) is 111 cm³/mol. The molecule has 2 aromatic carbocycles. The van der Waals surface area contributed by atoms with Gasteiger partial charge in [0.15, 0.2) is 0 Å². The van der Waals surface area contributed by atoms with Crippen LogP contribution in [0, 0.1) is 0 Å². The molecule has 0 saturated carbocycles. The summed E-state index contributed by atoms with van der Waals surface area (Å²) < 4.78 is 47.6. The number of halogens is 4. The van der Waals surface area contributed by atoms with Crippen LogP contribution in [0.25, 0.3) is 17.1 Å². The topological polar surface area (TPSA) is 99.2 Å². The third-order valence-corrected chi connectivity index (χ3v) is 5.42. The Balaban J connectivity index is 1.42. The zero-order valence-corrected chi connectivity index (χ0v) is 17.9. The molecule has 5 rings (SSSR count). The van der Waals surface area contributed by atoms with Crippen LogP contribution in [0.1, 0.15) is 28.7 Å². The van der Waals surface area contributed by atoms with Gasteiger partial charge in [-0.3, -0.25) is 4.79 Å². The third-order valence-electron chi connectivity index (χ3n) is 5.18. The Morgan fingerprint density at radius 2 is 1.91 bits per heavy atom. The number of para-hydroxylation sites is 1. The van der Waals surface area contributed by atoms with Crippen molar-refractivity contribution in [3.05, 3.63) is 71.3 Å². The number of rotatable bonds is 5. The van der Waals surface area contributed by atoms with Gasteiger partial charge in [0.1, 0.15) is 11.8 Å². The molecule has 1 saturated heterocycles. The minimum absolute atomic E-state index is 0.00825. The summed E-state index contributed by atoms with van der Waals surface area (Å²) >= 11 is 6.12. The number of alkyl halides is 3. The number of benzene rings is 2. The van der Waals surface area contributed by atoms with E-state index in [1.807, 2.05) is 0 Å². The van der Waals surface area contributed by atoms with E-state index in [0.29, 0.717) is 23.7 Å². The largest absolute Gasteiger partial charge is 0.573 e. The number of nitrogens with zero attached hydrogens (tertiary/aromatic N) is 6. The number of ether oxygens (including phenoxy) is 1. The lowest BCUT2D eigenvalue weighted by Crippen LogP contribution is -2.45. The van der Waals surface area contributed by atoms with E-state index in [0.717, 1.165) is 6.07 Å². The van der Waals surface area contributed by atoms with Gasteiger partial charge in [-0.25, -0.2) is 0 Å². The van der Waals surface area contributed by atoms with Gasteiger partial charge in [0.2, 0.25) is 11.7 Å². The van der Waals surface area contributed by atoms with E-state index in [4.69, 9.17) is 16.1 Å². The molecular formula is C21H14ClF3N6O3. The molecule has 1 aliphatic rings. The van der Waals surface area contributed by atoms with Gasteiger partial charge in [-0.2, -0.15) is 20.0 Å². The SMILES string of the molecule is O=C(c1cc(Cl)ccc1-n1nccn1)N1CCC1c1nc(-c2ccccc2OC(F)(F)F)no1. The molecule has 1 aliphatic heterocycles. The van der Waals surface area contributed by atoms with E-state index in [-0.39, 0.29) is 28.7 Å². The van der Waals surface area contributed by atoms with Crippen molar-refractivity contribution in [2.75, 3.05) is 6.54 Å². The number of hydrogen-bond donors (Lipinski definition) is 0. The van der Waals surface area contributed by atoms with Crippen LogP contribution in [0.3, 0.4) is 0 Å². The van der Waals surface area contributed by atoms with Gasteiger partial charge in [0.25, 0.3) is 5.91 Å². The quantitative estimate of drug-likeness (QED) is 0.407. The zero-order valence-electron chi connectivity index (χ0n) is 17.1. The summed E-state index contributed by atoms with van der Waals surface area (Å²) in [7, 11) is 0. The van der Waals surface area contributed by atoms with Crippen molar-refractivity contribution in [1.29, 1.82) is 0 Å². The van der Waals surface area contributed by atoms with E-state index in [1.54, 1.807) is 12.1 Å². The van der Waals surface area contributed by atoms with Crippen molar-refractivity contribution >= 4 is 17.5 Å². The Hall–Kier alpha value is -3.93. The second-order valence-electron chi connectivity index (χ2n) is 7.28. The Morgan fingerprint density at radius 3 is 2.62 bits per heavy atom. The summed E-state index contributed by atoms with van der Waals surface area (Å²) in [5.74, 6) is -0.804. The highest BCUT2D eigenvalue weighted by Crippen LogP contribution is 2.37. The predicted octanol–water partition coefficient (Wildman–Crippen LogP) is 4.46. The minimum atomic E-state index is -4.88. The maximum Gasteiger partial charge on any atom is 0.573 e. The fourth-order valence-corrected chi connectivity index (χ4v) is 3.75. The van der Waals surface area contributed by atoms with E-state index < -0.39 is 18.2 Å². The van der Waals surface area contributed by atoms with Crippen LogP contribution in [0.2, 0.25) is 5.02 Å². The summed E-state index contributed by atoms with van der Waals surface area (Å²) in [4.78, 5) is 20.4. The fraction of sp³-hybridized carbons (Fsp3) is 0.190. The Bertz CT molecular complexity index is 1340. The van der Waals surface area contributed by atoms with Gasteiger partial charge in [-0.15, -0.1) is 13.2 Å². The van der Waals surface area contributed by atoms with Crippen molar-refractivity contribution in [2.24, 2.45) is 0 Å². The minimum Gasteiger partial charge on any atom is -0.405 e. The van der Waals surface area contributed by atoms with Crippen molar-refractivity contribution in [3.8, 4) is 22.8 Å². The molecule has 2 aromatic heterocycles. The maximum absolute atomic E-state index is 13.3. The standard InChI is InChI=1S/C21H14ClF3N6O3/c22-12-5-6-15(31-26-8-9-27-31)14(11-12)20(32)30-10-7-16(30)19-28-18(29-34-19)13-3-1-2-4-17(13)33-21(23,24)25/h1-6,8-9,11,16H,7,10H2. The van der Waals surface area contributed by atoms with E-state index >= 15 is 0 Å². The molecule has 1 unspecified atom stereocenters. The molecule has 0 spiro atoms. The van der Waals surface area contributed by atoms with Crippen molar-refractivity contribution in [1.82, 2.24) is 30.0 Å². The molecule has 1 atom stereocenters. The van der Waals surface area contributed by atoms with Crippen LogP contribution in [0.15, 0.2) is 59.4 Å². The van der Waals surface area contributed by atoms with Gasteiger partial charge in [-0.05, 0) is 36.8 Å². The van der Waals surface area contributed by atoms with Crippen LogP contribution < -0.4 is 4.74 Å². The lowest BCUT2D eigenvalue weighted by atomic mass is 10.0. The lowest BCUT2D eigenvalue weighted by Gasteiger charge is -2.38. The van der Waals surface area contributed by atoms with Gasteiger partial charge in [0, 0.05) is 11.6 Å². The molecule has 34 heavy (non-hydrogen) atoms. The van der Waals surface area contributed by atoms with E-state index in [1.165, 1.54) is 46.4 Å². The van der Waals surface area contributed by atoms with Crippen molar-refractivity contribution in [2.45, 2.75) is 18.8 Å². The maximum atomic E-state index is 13.3. The van der Waals surface area contributed by atoms with Crippen LogP contribution in [-0.4, -0.2) is 48.8 Å². The highest BCUT2D eigenvalue weighted by molar-refractivity contribution is 6.31. The fourth-order valence-electron chi connectivity index (χ4n) is 3.58. The first-order valence-electron chi connectivity index (χ1n) is 9.96. The molecule has 0 aliphatic carbocycles. The highest BCUT2D eigenvalue weighted by atomic mass is 35.5. The molecular weight excluding hydrogens is 477 g/mol. The van der Waals surface area contributed by atoms with Gasteiger partial charge in [-0.1, -0.05) is 28.9 Å². The van der Waals surface area contributed by atoms with Gasteiger partial charge in [0.05, 0.1) is 29.2 Å². The Labute approximate surface area is 194 Å². The molecule has 1 fully saturated rings. The Kier molecular flexibility index (Phi) is 5.44. The first-order valence-corrected chi connectivity index (χ1v) is 10.3. The van der Waals surface area contributed by atoms with Gasteiger partial charge < -0.3 is 14.2 Å². The second-order valence-corrected chi connectivity index (χ2v) is 7.72. The van der Waals surface area contributed by atoms with E-state index in [2.05, 4.69) is 25.1 Å². The number of aromatic nitrogens is 5. The molecule has 4 aromatic rings. The highest BCUT2D eigenvalue weighted by Gasteiger charge is 2.39. The number of carbonyl (C=O) groups excluding carboxylic acids is 1. The molecule has 0 radical (unpaired) electrons. The smallest absolute Gasteiger partial charge is 0.405 e. The van der Waals surface area contributed by atoms with Crippen molar-refractivity contribution < 1.29 is 27.2 Å². The number of carbonyl (C=O) groups is 1. The summed E-state index contributed by atoms with van der Waals surface area (Å²) in [6.45, 7) is 0.410.